The number of likely N-dealkylation sites (tertiary alicyclic amines) is 1. The molecule has 3 nitrogen and oxygen atoms in total. The Balaban J connectivity index is 1.87. The van der Waals surface area contributed by atoms with E-state index in [4.69, 9.17) is 10.5 Å². The van der Waals surface area contributed by atoms with Gasteiger partial charge in [-0.05, 0) is 31.2 Å². The second-order valence-electron chi connectivity index (χ2n) is 4.43. The van der Waals surface area contributed by atoms with Crippen LogP contribution in [0.15, 0.2) is 0 Å². The van der Waals surface area contributed by atoms with Crippen molar-refractivity contribution in [1.29, 1.82) is 0 Å². The fourth-order valence-electron chi connectivity index (χ4n) is 2.61. The lowest BCUT2D eigenvalue weighted by atomic mass is 9.80. The summed E-state index contributed by atoms with van der Waals surface area (Å²) in [5.74, 6) is 0. The minimum absolute atomic E-state index is 0.591. The average molecular weight is 184 g/mol. The van der Waals surface area contributed by atoms with E-state index in [0.29, 0.717) is 5.41 Å². The van der Waals surface area contributed by atoms with Gasteiger partial charge in [0.15, 0.2) is 0 Å². The Hall–Kier alpha value is -0.120. The number of nitrogens with two attached hydrogens (primary N) is 1. The summed E-state index contributed by atoms with van der Waals surface area (Å²) in [6.07, 6.45) is 3.87. The highest BCUT2D eigenvalue weighted by Crippen LogP contribution is 2.39. The number of hydrogen-bond donors (Lipinski definition) is 1. The largest absolute Gasteiger partial charge is 0.381 e. The third kappa shape index (κ3) is 2.03. The van der Waals surface area contributed by atoms with Crippen LogP contribution in [0.4, 0.5) is 0 Å². The lowest BCUT2D eigenvalue weighted by Crippen LogP contribution is -2.34. The molecule has 2 fully saturated rings. The van der Waals surface area contributed by atoms with Crippen molar-refractivity contribution in [3.8, 4) is 0 Å². The molecule has 0 saturated carbocycles. The molecule has 76 valence electrons. The zero-order valence-corrected chi connectivity index (χ0v) is 8.30. The molecular weight excluding hydrogens is 164 g/mol. The molecule has 0 aliphatic carbocycles. The molecule has 0 aromatic carbocycles. The Labute approximate surface area is 80.2 Å². The molecule has 0 radical (unpaired) electrons. The van der Waals surface area contributed by atoms with Crippen LogP contribution in [0.5, 0.6) is 0 Å². The minimum atomic E-state index is 0.591. The normalized spacial score (nSPS) is 28.4. The number of ether oxygens (including phenoxy) is 1. The van der Waals surface area contributed by atoms with Crippen LogP contribution in [0.1, 0.15) is 19.3 Å². The molecule has 2 N–H and O–H groups in total. The van der Waals surface area contributed by atoms with Gasteiger partial charge in [0.1, 0.15) is 0 Å². The van der Waals surface area contributed by atoms with Gasteiger partial charge in [-0.25, -0.2) is 0 Å². The molecule has 2 saturated heterocycles. The molecule has 2 aliphatic rings. The topological polar surface area (TPSA) is 38.5 Å². The summed E-state index contributed by atoms with van der Waals surface area (Å²) in [5, 5.41) is 0. The molecule has 2 aliphatic heterocycles. The Morgan fingerprint density at radius 1 is 1.23 bits per heavy atom. The predicted octanol–water partition coefficient (Wildman–Crippen LogP) is 0.448. The molecule has 0 bridgehead atoms. The second kappa shape index (κ2) is 3.95. The van der Waals surface area contributed by atoms with Gasteiger partial charge in [-0.1, -0.05) is 0 Å². The smallest absolute Gasteiger partial charge is 0.0471 e. The van der Waals surface area contributed by atoms with E-state index in [1.807, 2.05) is 0 Å². The van der Waals surface area contributed by atoms with Crippen molar-refractivity contribution in [3.05, 3.63) is 0 Å². The number of rotatable bonds is 2. The van der Waals surface area contributed by atoms with E-state index in [2.05, 4.69) is 4.90 Å². The Morgan fingerprint density at radius 3 is 2.69 bits per heavy atom. The van der Waals surface area contributed by atoms with Crippen molar-refractivity contribution in [2.24, 2.45) is 11.1 Å². The molecule has 0 amide bonds. The van der Waals surface area contributed by atoms with E-state index in [-0.39, 0.29) is 0 Å². The standard InChI is InChI=1S/C10H20N2O/c11-4-6-12-5-1-10(9-12)2-7-13-8-3-10/h1-9,11H2. The van der Waals surface area contributed by atoms with E-state index in [9.17, 15) is 0 Å². The van der Waals surface area contributed by atoms with Crippen molar-refractivity contribution in [2.45, 2.75) is 19.3 Å². The number of nitrogens with zero attached hydrogens (tertiary/aromatic N) is 1. The first-order chi connectivity index (χ1) is 6.35. The first kappa shape index (κ1) is 9.44. The van der Waals surface area contributed by atoms with E-state index in [1.165, 1.54) is 32.4 Å². The van der Waals surface area contributed by atoms with Crippen LogP contribution in [-0.2, 0) is 4.74 Å². The fraction of sp³-hybridized carbons (Fsp3) is 1.00. The highest BCUT2D eigenvalue weighted by molar-refractivity contribution is 4.91. The van der Waals surface area contributed by atoms with E-state index < -0.39 is 0 Å². The monoisotopic (exact) mass is 184 g/mol. The summed E-state index contributed by atoms with van der Waals surface area (Å²) in [5.41, 5.74) is 6.15. The van der Waals surface area contributed by atoms with Crippen molar-refractivity contribution < 1.29 is 4.74 Å². The summed E-state index contributed by atoms with van der Waals surface area (Å²) in [4.78, 5) is 2.51. The van der Waals surface area contributed by atoms with Crippen LogP contribution < -0.4 is 5.73 Å². The van der Waals surface area contributed by atoms with Crippen LogP contribution in [-0.4, -0.2) is 44.3 Å². The summed E-state index contributed by atoms with van der Waals surface area (Å²) < 4.78 is 5.41. The highest BCUT2D eigenvalue weighted by Gasteiger charge is 2.38. The molecule has 0 aromatic rings. The van der Waals surface area contributed by atoms with Crippen LogP contribution in [0.2, 0.25) is 0 Å². The van der Waals surface area contributed by atoms with Crippen molar-refractivity contribution in [2.75, 3.05) is 39.4 Å². The van der Waals surface area contributed by atoms with Crippen LogP contribution in [0.25, 0.3) is 0 Å². The summed E-state index contributed by atoms with van der Waals surface area (Å²) in [7, 11) is 0. The first-order valence-corrected chi connectivity index (χ1v) is 5.35. The summed E-state index contributed by atoms with van der Waals surface area (Å²) in [6.45, 7) is 6.31. The van der Waals surface area contributed by atoms with E-state index >= 15 is 0 Å². The average Bonchev–Trinajstić information content (AvgIpc) is 2.51. The van der Waals surface area contributed by atoms with Gasteiger partial charge in [0.2, 0.25) is 0 Å². The summed E-state index contributed by atoms with van der Waals surface area (Å²) in [6, 6.07) is 0. The number of hydrogen-bond acceptors (Lipinski definition) is 3. The Morgan fingerprint density at radius 2 is 2.00 bits per heavy atom. The van der Waals surface area contributed by atoms with Gasteiger partial charge in [0.25, 0.3) is 0 Å². The molecule has 0 unspecified atom stereocenters. The van der Waals surface area contributed by atoms with Gasteiger partial charge >= 0.3 is 0 Å². The Kier molecular flexibility index (Phi) is 2.86. The van der Waals surface area contributed by atoms with E-state index in [1.54, 1.807) is 0 Å². The third-order valence-electron chi connectivity index (χ3n) is 3.52. The molecule has 0 aromatic heterocycles. The van der Waals surface area contributed by atoms with Crippen molar-refractivity contribution >= 4 is 0 Å². The molecule has 13 heavy (non-hydrogen) atoms. The fourth-order valence-corrected chi connectivity index (χ4v) is 2.61. The summed E-state index contributed by atoms with van der Waals surface area (Å²) >= 11 is 0. The lowest BCUT2D eigenvalue weighted by molar-refractivity contribution is 0.0195. The quantitative estimate of drug-likeness (QED) is 0.677. The first-order valence-electron chi connectivity index (χ1n) is 5.35. The van der Waals surface area contributed by atoms with Crippen molar-refractivity contribution in [1.82, 2.24) is 4.90 Å². The van der Waals surface area contributed by atoms with Crippen LogP contribution in [0.3, 0.4) is 0 Å². The Bertz CT molecular complexity index is 166. The second-order valence-corrected chi connectivity index (χ2v) is 4.43. The van der Waals surface area contributed by atoms with E-state index in [0.717, 1.165) is 26.3 Å². The van der Waals surface area contributed by atoms with Gasteiger partial charge in [-0.3, -0.25) is 0 Å². The van der Waals surface area contributed by atoms with Crippen molar-refractivity contribution in [3.63, 3.8) is 0 Å². The van der Waals surface area contributed by atoms with Gasteiger partial charge in [-0.15, -0.1) is 0 Å². The molecule has 1 spiro atoms. The highest BCUT2D eigenvalue weighted by atomic mass is 16.5. The molecule has 0 atom stereocenters. The van der Waals surface area contributed by atoms with Gasteiger partial charge in [-0.2, -0.15) is 0 Å². The molecule has 2 heterocycles. The minimum Gasteiger partial charge on any atom is -0.381 e. The van der Waals surface area contributed by atoms with Crippen LogP contribution in [0, 0.1) is 5.41 Å². The van der Waals surface area contributed by atoms with Gasteiger partial charge < -0.3 is 15.4 Å². The van der Waals surface area contributed by atoms with Gasteiger partial charge in [0, 0.05) is 32.8 Å². The SMILES string of the molecule is NCCN1CCC2(CCOCC2)C1. The maximum absolute atomic E-state index is 5.56. The molecule has 3 heteroatoms. The maximum atomic E-state index is 5.56. The predicted molar refractivity (Wildman–Crippen MR) is 52.6 cm³/mol. The van der Waals surface area contributed by atoms with Crippen LogP contribution >= 0.6 is 0 Å². The zero-order valence-electron chi connectivity index (χ0n) is 8.30. The zero-order chi connectivity index (χ0) is 9.15. The van der Waals surface area contributed by atoms with Gasteiger partial charge in [0.05, 0.1) is 0 Å². The maximum Gasteiger partial charge on any atom is 0.0471 e. The lowest BCUT2D eigenvalue weighted by Gasteiger charge is -2.33. The molecule has 2 rings (SSSR count). The molecular formula is C10H20N2O. The third-order valence-corrected chi connectivity index (χ3v) is 3.52.